The molecule has 1 aromatic carbocycles. The topological polar surface area (TPSA) is 68.8 Å². The molecule has 158 valence electrons. The van der Waals surface area contributed by atoms with E-state index in [2.05, 4.69) is 73.1 Å². The average molecular weight is 398 g/mol. The fourth-order valence-electron chi connectivity index (χ4n) is 2.99. The second-order valence-corrected chi connectivity index (χ2v) is 8.21. The molecule has 1 aromatic rings. The number of carbonyl (C=O) groups excluding carboxylic acids is 1. The van der Waals surface area contributed by atoms with E-state index in [1.54, 1.807) is 0 Å². The molecule has 2 rings (SSSR count). The maximum absolute atomic E-state index is 12.3. The molecular weight excluding hydrogens is 362 g/mol. The lowest BCUT2D eigenvalue weighted by atomic mass is 9.87. The van der Waals surface area contributed by atoms with Crippen molar-refractivity contribution in [1.82, 2.24) is 15.5 Å². The monoisotopic (exact) mass is 397 g/mol. The minimum atomic E-state index is -0.0548. The van der Waals surface area contributed by atoms with E-state index in [0.717, 1.165) is 37.7 Å². The van der Waals surface area contributed by atoms with Crippen LogP contribution >= 0.6 is 0 Å². The first-order chi connectivity index (χ1) is 13.7. The number of hydrogen-bond donors (Lipinski definition) is 3. The van der Waals surface area contributed by atoms with Crippen molar-refractivity contribution < 1.29 is 4.79 Å². The second kappa shape index (κ2) is 10.3. The van der Waals surface area contributed by atoms with E-state index in [1.807, 2.05) is 24.3 Å². The Bertz CT molecular complexity index is 767. The Kier molecular flexibility index (Phi) is 8.02. The van der Waals surface area contributed by atoms with Gasteiger partial charge in [0.25, 0.3) is 5.91 Å². The Morgan fingerprint density at radius 1 is 1.14 bits per heavy atom. The Morgan fingerprint density at radius 2 is 1.79 bits per heavy atom. The van der Waals surface area contributed by atoms with E-state index in [0.29, 0.717) is 17.9 Å². The summed E-state index contributed by atoms with van der Waals surface area (Å²) in [6.45, 7) is 19.0. The maximum atomic E-state index is 12.3. The number of nitrogens with zero attached hydrogens (tertiary/aromatic N) is 2. The lowest BCUT2D eigenvalue weighted by Crippen LogP contribution is -2.34. The van der Waals surface area contributed by atoms with Crippen LogP contribution in [0.1, 0.15) is 45.0 Å². The summed E-state index contributed by atoms with van der Waals surface area (Å²) >= 11 is 0. The lowest BCUT2D eigenvalue weighted by molar-refractivity contribution is 0.0949. The van der Waals surface area contributed by atoms with E-state index < -0.39 is 0 Å². The molecule has 1 amide bonds. The Labute approximate surface area is 175 Å². The predicted octanol–water partition coefficient (Wildman–Crippen LogP) is 3.62. The first-order valence-electron chi connectivity index (χ1n) is 10.3. The fraction of sp³-hybridized carbons (Fsp3) is 0.478. The van der Waals surface area contributed by atoms with Gasteiger partial charge in [-0.3, -0.25) is 9.79 Å². The summed E-state index contributed by atoms with van der Waals surface area (Å²) in [5, 5.41) is 9.38. The summed E-state index contributed by atoms with van der Waals surface area (Å²) < 4.78 is 0. The highest BCUT2D eigenvalue weighted by molar-refractivity contribution is 5.97. The summed E-state index contributed by atoms with van der Waals surface area (Å²) in [6.07, 6.45) is 2.08. The van der Waals surface area contributed by atoms with E-state index in [-0.39, 0.29) is 11.3 Å². The minimum Gasteiger partial charge on any atom is -0.351 e. The van der Waals surface area contributed by atoms with Crippen molar-refractivity contribution in [3.63, 3.8) is 0 Å². The highest BCUT2D eigenvalue weighted by atomic mass is 16.1. The highest BCUT2D eigenvalue weighted by Crippen LogP contribution is 2.27. The van der Waals surface area contributed by atoms with E-state index in [9.17, 15) is 4.79 Å². The molecule has 0 bridgehead atoms. The number of benzene rings is 1. The SMILES string of the molecule is C=C(NC1=NCC(C(C)(C)C)=C1)Nc1ccc(C(=O)NCCN(CC)CC)cc1. The molecular formula is C23H35N5O. The Hall–Kier alpha value is -2.60. The first-order valence-corrected chi connectivity index (χ1v) is 10.3. The molecule has 1 aliphatic rings. The van der Waals surface area contributed by atoms with Gasteiger partial charge in [-0.05, 0) is 54.4 Å². The lowest BCUT2D eigenvalue weighted by Gasteiger charge is -2.18. The maximum Gasteiger partial charge on any atom is 0.251 e. The van der Waals surface area contributed by atoms with Gasteiger partial charge < -0.3 is 20.9 Å². The van der Waals surface area contributed by atoms with Gasteiger partial charge >= 0.3 is 0 Å². The number of anilines is 1. The second-order valence-electron chi connectivity index (χ2n) is 8.21. The van der Waals surface area contributed by atoms with Crippen LogP contribution < -0.4 is 16.0 Å². The average Bonchev–Trinajstić information content (AvgIpc) is 3.14. The summed E-state index contributed by atoms with van der Waals surface area (Å²) in [5.74, 6) is 1.41. The third kappa shape index (κ3) is 7.06. The Balaban J connectivity index is 1.82. The highest BCUT2D eigenvalue weighted by Gasteiger charge is 2.21. The molecule has 0 atom stereocenters. The van der Waals surface area contributed by atoms with Gasteiger partial charge in [0, 0.05) is 24.3 Å². The van der Waals surface area contributed by atoms with Gasteiger partial charge in [0.15, 0.2) is 0 Å². The standard InChI is InChI=1S/C23H35N5O/c1-7-28(8-2)14-13-24-22(29)18-9-11-20(12-10-18)26-17(3)27-21-15-19(16-25-21)23(4,5)6/h9-12,15,26H,3,7-8,13-14,16H2,1-2,4-6H3,(H,24,29)(H,25,27). The van der Waals surface area contributed by atoms with Gasteiger partial charge in [-0.2, -0.15) is 0 Å². The van der Waals surface area contributed by atoms with Gasteiger partial charge in [0.1, 0.15) is 11.7 Å². The molecule has 6 heteroatoms. The minimum absolute atomic E-state index is 0.0548. The van der Waals surface area contributed by atoms with Crippen molar-refractivity contribution in [2.75, 3.05) is 38.0 Å². The van der Waals surface area contributed by atoms with E-state index >= 15 is 0 Å². The van der Waals surface area contributed by atoms with E-state index in [1.165, 1.54) is 5.57 Å². The van der Waals surface area contributed by atoms with Crippen LogP contribution in [-0.4, -0.2) is 49.4 Å². The molecule has 0 aliphatic carbocycles. The molecule has 0 unspecified atom stereocenters. The summed E-state index contributed by atoms with van der Waals surface area (Å²) in [4.78, 5) is 19.1. The molecule has 0 saturated carbocycles. The number of amidine groups is 1. The largest absolute Gasteiger partial charge is 0.351 e. The van der Waals surface area contributed by atoms with Crippen LogP contribution in [0.25, 0.3) is 0 Å². The van der Waals surface area contributed by atoms with Crippen molar-refractivity contribution in [1.29, 1.82) is 0 Å². The van der Waals surface area contributed by atoms with Crippen molar-refractivity contribution in [2.24, 2.45) is 10.4 Å². The smallest absolute Gasteiger partial charge is 0.251 e. The van der Waals surface area contributed by atoms with Crippen LogP contribution in [0.15, 0.2) is 53.3 Å². The van der Waals surface area contributed by atoms with Crippen LogP contribution in [0.2, 0.25) is 0 Å². The third-order valence-electron chi connectivity index (χ3n) is 5.02. The number of carbonyl (C=O) groups is 1. The molecule has 0 radical (unpaired) electrons. The molecule has 1 heterocycles. The number of nitrogens with one attached hydrogen (secondary N) is 3. The van der Waals surface area contributed by atoms with Crippen molar-refractivity contribution in [3.05, 3.63) is 53.9 Å². The number of amides is 1. The van der Waals surface area contributed by atoms with Crippen LogP contribution in [0.5, 0.6) is 0 Å². The molecule has 3 N–H and O–H groups in total. The van der Waals surface area contributed by atoms with Gasteiger partial charge in [0.05, 0.1) is 6.54 Å². The number of rotatable bonds is 9. The van der Waals surface area contributed by atoms with Gasteiger partial charge in [0.2, 0.25) is 0 Å². The molecule has 0 fully saturated rings. The number of aliphatic imine (C=N–C) groups is 1. The normalized spacial score (nSPS) is 13.7. The number of hydrogen-bond acceptors (Lipinski definition) is 5. The predicted molar refractivity (Wildman–Crippen MR) is 122 cm³/mol. The summed E-state index contributed by atoms with van der Waals surface area (Å²) in [6, 6.07) is 7.37. The molecule has 0 saturated heterocycles. The van der Waals surface area contributed by atoms with Crippen LogP contribution in [0.3, 0.4) is 0 Å². The first kappa shape index (κ1) is 22.7. The van der Waals surface area contributed by atoms with Crippen molar-refractivity contribution >= 4 is 17.4 Å². The van der Waals surface area contributed by atoms with Crippen LogP contribution in [0.4, 0.5) is 5.69 Å². The van der Waals surface area contributed by atoms with Crippen molar-refractivity contribution in [3.8, 4) is 0 Å². The molecule has 0 spiro atoms. The molecule has 0 aromatic heterocycles. The molecule has 1 aliphatic heterocycles. The zero-order chi connectivity index (χ0) is 21.4. The Morgan fingerprint density at radius 3 is 2.34 bits per heavy atom. The zero-order valence-corrected chi connectivity index (χ0v) is 18.4. The summed E-state index contributed by atoms with van der Waals surface area (Å²) in [5.41, 5.74) is 2.92. The van der Waals surface area contributed by atoms with Crippen LogP contribution in [-0.2, 0) is 0 Å². The van der Waals surface area contributed by atoms with Gasteiger partial charge in [-0.15, -0.1) is 0 Å². The quantitative estimate of drug-likeness (QED) is 0.595. The number of likely N-dealkylation sites (N-methyl/N-ethyl adjacent to an activating group) is 1. The van der Waals surface area contributed by atoms with Crippen LogP contribution in [0, 0.1) is 5.41 Å². The van der Waals surface area contributed by atoms with E-state index in [4.69, 9.17) is 0 Å². The molecule has 6 nitrogen and oxygen atoms in total. The van der Waals surface area contributed by atoms with Gasteiger partial charge in [-0.25, -0.2) is 0 Å². The van der Waals surface area contributed by atoms with Gasteiger partial charge in [-0.1, -0.05) is 41.2 Å². The summed E-state index contributed by atoms with van der Waals surface area (Å²) in [7, 11) is 0. The third-order valence-corrected chi connectivity index (χ3v) is 5.02. The molecule has 29 heavy (non-hydrogen) atoms. The van der Waals surface area contributed by atoms with Crippen molar-refractivity contribution in [2.45, 2.75) is 34.6 Å². The fourth-order valence-corrected chi connectivity index (χ4v) is 2.99. The zero-order valence-electron chi connectivity index (χ0n) is 18.4.